The molecule has 2 aromatic heterocycles. The summed E-state index contributed by atoms with van der Waals surface area (Å²) in [6, 6.07) is 22.9. The van der Waals surface area contributed by atoms with E-state index in [-0.39, 0.29) is 36.7 Å². The van der Waals surface area contributed by atoms with Gasteiger partial charge in [0.25, 0.3) is 11.8 Å². The lowest BCUT2D eigenvalue weighted by Crippen LogP contribution is -2.54. The van der Waals surface area contributed by atoms with Gasteiger partial charge in [0.2, 0.25) is 11.8 Å². The number of nitrogens with two attached hydrogens (primary N) is 1. The Kier molecular flexibility index (Phi) is 12.3. The topological polar surface area (TPSA) is 192 Å². The van der Waals surface area contributed by atoms with E-state index in [9.17, 15) is 24.0 Å². The highest BCUT2D eigenvalue weighted by Gasteiger charge is 2.45. The van der Waals surface area contributed by atoms with Crippen molar-refractivity contribution in [2.24, 2.45) is 5.92 Å². The van der Waals surface area contributed by atoms with Gasteiger partial charge >= 0.3 is 6.03 Å². The van der Waals surface area contributed by atoms with Crippen molar-refractivity contribution in [2.45, 2.75) is 88.3 Å². The van der Waals surface area contributed by atoms with Crippen molar-refractivity contribution in [1.82, 2.24) is 49.6 Å². The number of hydrogen-bond acceptors (Lipinski definition) is 12. The number of anilines is 1. The number of benzene rings is 3. The molecule has 3 aromatic carbocycles. The monoisotopic (exact) mass is 933 g/mol. The minimum Gasteiger partial charge on any atom is -0.457 e. The maximum Gasteiger partial charge on any atom is 0.319 e. The van der Waals surface area contributed by atoms with Gasteiger partial charge in [-0.25, -0.2) is 19.4 Å². The Labute approximate surface area is 400 Å². The fourth-order valence-electron chi connectivity index (χ4n) is 11.8. The number of fused-ring (bicyclic) bond motifs is 2. The summed E-state index contributed by atoms with van der Waals surface area (Å²) in [6.45, 7) is 7.88. The second kappa shape index (κ2) is 19.0. The Hall–Kier alpha value is -6.72. The van der Waals surface area contributed by atoms with Crippen LogP contribution in [0.3, 0.4) is 0 Å². The van der Waals surface area contributed by atoms with Crippen LogP contribution in [0.25, 0.3) is 22.3 Å². The maximum atomic E-state index is 13.9. The average molecular weight is 934 g/mol. The molecule has 6 aliphatic heterocycles. The standard InChI is InChI=1S/C52H59N11O6/c53-47-45-46(35-8-11-40(12-9-35)69-39-6-2-1-3-7-39)57-63(48(45)55-32-54-47)38-5-4-22-61(31-38)37-20-27-60(28-21-37)52(68)59-25-16-33(17-26-59)30-58-23-18-34(19-24-58)36-10-13-41-42(29-36)51(67)62(50(41)66)43-14-15-44(64)56-49(43)65/h1-3,6-13,29,32-34,37-38,43H,4-5,14-28,30-31H2,(H2,53,54,55)(H,56,64,65). The smallest absolute Gasteiger partial charge is 0.319 e. The summed E-state index contributed by atoms with van der Waals surface area (Å²) >= 11 is 0. The molecule has 5 fully saturated rings. The third-order valence-corrected chi connectivity index (χ3v) is 15.6. The molecule has 2 atom stereocenters. The summed E-state index contributed by atoms with van der Waals surface area (Å²) in [7, 11) is 0. The lowest BCUT2D eigenvalue weighted by molar-refractivity contribution is -0.136. The van der Waals surface area contributed by atoms with Gasteiger partial charge in [-0.15, -0.1) is 0 Å². The number of aromatic nitrogens is 4. The Morgan fingerprint density at radius 3 is 2.17 bits per heavy atom. The fourth-order valence-corrected chi connectivity index (χ4v) is 11.8. The lowest BCUT2D eigenvalue weighted by Gasteiger charge is -2.44. The predicted molar refractivity (Wildman–Crippen MR) is 257 cm³/mol. The summed E-state index contributed by atoms with van der Waals surface area (Å²) in [4.78, 5) is 84.0. The van der Waals surface area contributed by atoms with Crippen molar-refractivity contribution in [1.29, 1.82) is 0 Å². The second-order valence-electron chi connectivity index (χ2n) is 19.7. The average Bonchev–Trinajstić information content (AvgIpc) is 3.89. The molecule has 17 nitrogen and oxygen atoms in total. The van der Waals surface area contributed by atoms with Crippen molar-refractivity contribution in [3.63, 3.8) is 0 Å². The van der Waals surface area contributed by atoms with Gasteiger partial charge < -0.3 is 25.2 Å². The fraction of sp³-hybridized carbons (Fsp3) is 0.462. The van der Waals surface area contributed by atoms with Crippen LogP contribution < -0.4 is 15.8 Å². The van der Waals surface area contributed by atoms with Crippen LogP contribution in [0.15, 0.2) is 79.1 Å². The lowest BCUT2D eigenvalue weighted by atomic mass is 9.87. The van der Waals surface area contributed by atoms with Crippen molar-refractivity contribution < 1.29 is 28.7 Å². The first-order valence-electron chi connectivity index (χ1n) is 24.8. The third kappa shape index (κ3) is 8.93. The number of ether oxygens (including phenoxy) is 1. The number of imide groups is 2. The van der Waals surface area contributed by atoms with Gasteiger partial charge in [0.1, 0.15) is 35.4 Å². The van der Waals surface area contributed by atoms with E-state index in [0.29, 0.717) is 28.9 Å². The SMILES string of the molecule is Nc1ncnc2c1c(-c1ccc(Oc3ccccc3)cc1)nn2C1CCCN(C2CCN(C(=O)N3CCC(CN4CCC(c5ccc6c(c5)C(=O)N(C5CCC(=O)NC5=O)C6=O)CC4)CC3)CC2)C1. The number of likely N-dealkylation sites (tertiary alicyclic amines) is 4. The molecule has 69 heavy (non-hydrogen) atoms. The zero-order chi connectivity index (χ0) is 47.2. The molecule has 5 aromatic rings. The molecular weight excluding hydrogens is 875 g/mol. The summed E-state index contributed by atoms with van der Waals surface area (Å²) in [6.07, 6.45) is 9.60. The van der Waals surface area contributed by atoms with Gasteiger partial charge in [0, 0.05) is 57.3 Å². The van der Waals surface area contributed by atoms with Crippen LogP contribution in [0.1, 0.15) is 102 Å². The number of rotatable bonds is 9. The van der Waals surface area contributed by atoms with E-state index < -0.39 is 23.8 Å². The van der Waals surface area contributed by atoms with Crippen molar-refractivity contribution in [3.8, 4) is 22.8 Å². The molecule has 8 heterocycles. The van der Waals surface area contributed by atoms with E-state index in [1.54, 1.807) is 6.07 Å². The highest BCUT2D eigenvalue weighted by Crippen LogP contribution is 2.37. The van der Waals surface area contributed by atoms with Gasteiger partial charge in [-0.05, 0) is 143 Å². The molecule has 5 saturated heterocycles. The normalized spacial score (nSPS) is 22.6. The first-order chi connectivity index (χ1) is 33.6. The minimum atomic E-state index is -0.965. The van der Waals surface area contributed by atoms with Gasteiger partial charge in [0.05, 0.1) is 22.6 Å². The van der Waals surface area contributed by atoms with E-state index in [1.807, 2.05) is 66.7 Å². The highest BCUT2D eigenvalue weighted by atomic mass is 16.5. The molecule has 0 bridgehead atoms. The highest BCUT2D eigenvalue weighted by molar-refractivity contribution is 6.23. The van der Waals surface area contributed by atoms with E-state index in [2.05, 4.69) is 34.6 Å². The molecule has 6 amide bonds. The predicted octanol–water partition coefficient (Wildman–Crippen LogP) is 6.08. The zero-order valence-corrected chi connectivity index (χ0v) is 38.9. The number of carbonyl (C=O) groups is 5. The van der Waals surface area contributed by atoms with Crippen molar-refractivity contribution in [3.05, 3.63) is 95.8 Å². The van der Waals surface area contributed by atoms with Crippen LogP contribution in [0, 0.1) is 5.92 Å². The van der Waals surface area contributed by atoms with Gasteiger partial charge in [-0.1, -0.05) is 24.3 Å². The molecular formula is C52H59N11O6. The molecule has 0 aliphatic carbocycles. The summed E-state index contributed by atoms with van der Waals surface area (Å²) in [5, 5.41) is 8.20. The summed E-state index contributed by atoms with van der Waals surface area (Å²) < 4.78 is 8.11. The van der Waals surface area contributed by atoms with Crippen LogP contribution in [-0.2, 0) is 9.59 Å². The summed E-state index contributed by atoms with van der Waals surface area (Å²) in [5.74, 6) is 0.819. The number of urea groups is 1. The van der Waals surface area contributed by atoms with E-state index in [1.165, 1.54) is 6.33 Å². The van der Waals surface area contributed by atoms with Crippen LogP contribution in [-0.4, -0.2) is 145 Å². The number of hydrogen-bond donors (Lipinski definition) is 2. The van der Waals surface area contributed by atoms with E-state index in [0.717, 1.165) is 155 Å². The van der Waals surface area contributed by atoms with E-state index >= 15 is 0 Å². The molecule has 3 N–H and O–H groups in total. The minimum absolute atomic E-state index is 0.0972. The Bertz CT molecular complexity index is 2760. The molecule has 2 unspecified atom stereocenters. The number of amides is 6. The van der Waals surface area contributed by atoms with Crippen LogP contribution in [0.4, 0.5) is 10.6 Å². The van der Waals surface area contributed by atoms with Crippen LogP contribution in [0.5, 0.6) is 11.5 Å². The molecule has 11 rings (SSSR count). The number of nitrogen functional groups attached to an aromatic ring is 1. The summed E-state index contributed by atoms with van der Waals surface area (Å²) in [5.41, 5.74) is 10.6. The number of carbonyl (C=O) groups excluding carboxylic acids is 5. The van der Waals surface area contributed by atoms with Gasteiger partial charge in [0.15, 0.2) is 5.65 Å². The molecule has 0 spiro atoms. The Morgan fingerprint density at radius 1 is 0.725 bits per heavy atom. The first kappa shape index (κ1) is 44.8. The van der Waals surface area contributed by atoms with Crippen molar-refractivity contribution >= 4 is 46.5 Å². The second-order valence-corrected chi connectivity index (χ2v) is 19.7. The maximum absolute atomic E-state index is 13.9. The molecule has 6 aliphatic rings. The Balaban J connectivity index is 0.639. The van der Waals surface area contributed by atoms with Crippen LogP contribution >= 0.6 is 0 Å². The van der Waals surface area contributed by atoms with E-state index in [4.69, 9.17) is 20.6 Å². The van der Waals surface area contributed by atoms with Crippen LogP contribution in [0.2, 0.25) is 0 Å². The number of piperidine rings is 5. The molecule has 358 valence electrons. The first-order valence-corrected chi connectivity index (χ1v) is 24.8. The molecule has 17 heteroatoms. The van der Waals surface area contributed by atoms with Gasteiger partial charge in [-0.3, -0.25) is 34.3 Å². The van der Waals surface area contributed by atoms with Gasteiger partial charge in [-0.2, -0.15) is 5.10 Å². The third-order valence-electron chi connectivity index (χ3n) is 15.6. The number of nitrogens with zero attached hydrogens (tertiary/aromatic N) is 9. The Morgan fingerprint density at radius 2 is 1.43 bits per heavy atom. The largest absolute Gasteiger partial charge is 0.457 e. The zero-order valence-electron chi connectivity index (χ0n) is 38.9. The van der Waals surface area contributed by atoms with Crippen molar-refractivity contribution in [2.75, 3.05) is 64.6 Å². The number of nitrogens with one attached hydrogen (secondary N) is 1. The molecule has 0 radical (unpaired) electrons. The quantitative estimate of drug-likeness (QED) is 0.162. The number of para-hydroxylation sites is 1. The molecule has 0 saturated carbocycles.